The lowest BCUT2D eigenvalue weighted by atomic mass is 10.2. The molecule has 1 aliphatic heterocycles. The Kier molecular flexibility index (Phi) is 5.49. The Morgan fingerprint density at radius 1 is 0.862 bits per heavy atom. The van der Waals surface area contributed by atoms with Gasteiger partial charge in [-0.3, -0.25) is 9.80 Å². The predicted octanol–water partition coefficient (Wildman–Crippen LogP) is 4.24. The minimum absolute atomic E-state index is 0.617. The fourth-order valence-electron chi connectivity index (χ4n) is 3.44. The van der Waals surface area contributed by atoms with E-state index in [1.54, 1.807) is 22.7 Å². The maximum Gasteiger partial charge on any atom is 0.257 e. The Balaban J connectivity index is 1.13. The van der Waals surface area contributed by atoms with Crippen LogP contribution in [-0.4, -0.2) is 51.2 Å². The van der Waals surface area contributed by atoms with Crippen LogP contribution < -0.4 is 0 Å². The van der Waals surface area contributed by atoms with Crippen LogP contribution in [0.2, 0.25) is 0 Å². The van der Waals surface area contributed by atoms with E-state index in [1.807, 2.05) is 23.6 Å². The number of rotatable bonds is 6. The highest BCUT2D eigenvalue weighted by Gasteiger charge is 2.20. The first-order valence-electron chi connectivity index (χ1n) is 9.64. The summed E-state index contributed by atoms with van der Waals surface area (Å²) in [6.45, 7) is 5.63. The van der Waals surface area contributed by atoms with Gasteiger partial charge < -0.3 is 4.42 Å². The maximum atomic E-state index is 5.82. The molecule has 6 nitrogen and oxygen atoms in total. The van der Waals surface area contributed by atoms with Crippen molar-refractivity contribution in [2.45, 2.75) is 13.1 Å². The standard InChI is InChI=1S/C21H21N5OS2/c1-2-5-16(6-3-1)21-22-17(15-29-21)13-25-8-10-26(11-9-25)14-19-23-24-20(27-19)18-7-4-12-28-18/h1-7,12,15H,8-11,13-14H2. The molecule has 0 saturated carbocycles. The lowest BCUT2D eigenvalue weighted by Gasteiger charge is -2.33. The molecule has 148 valence electrons. The van der Waals surface area contributed by atoms with Crippen LogP contribution in [0.15, 0.2) is 57.6 Å². The summed E-state index contributed by atoms with van der Waals surface area (Å²) in [6.07, 6.45) is 0. The molecule has 0 unspecified atom stereocenters. The molecule has 0 aliphatic carbocycles. The molecule has 3 aromatic heterocycles. The second-order valence-corrected chi connectivity index (χ2v) is 8.85. The summed E-state index contributed by atoms with van der Waals surface area (Å²) in [5.41, 5.74) is 2.34. The molecule has 0 spiro atoms. The third kappa shape index (κ3) is 4.45. The van der Waals surface area contributed by atoms with E-state index in [0.29, 0.717) is 18.3 Å². The number of aromatic nitrogens is 3. The second-order valence-electron chi connectivity index (χ2n) is 7.04. The third-order valence-corrected chi connectivity index (χ3v) is 6.78. The number of hydrogen-bond acceptors (Lipinski definition) is 8. The lowest BCUT2D eigenvalue weighted by Crippen LogP contribution is -2.45. The summed E-state index contributed by atoms with van der Waals surface area (Å²) in [5, 5.41) is 13.7. The minimum Gasteiger partial charge on any atom is -0.419 e. The topological polar surface area (TPSA) is 58.3 Å². The van der Waals surface area contributed by atoms with Crippen LogP contribution in [0, 0.1) is 0 Å². The minimum atomic E-state index is 0.617. The summed E-state index contributed by atoms with van der Waals surface area (Å²) in [5.74, 6) is 1.31. The molecule has 1 aromatic carbocycles. The summed E-state index contributed by atoms with van der Waals surface area (Å²) >= 11 is 3.33. The highest BCUT2D eigenvalue weighted by Crippen LogP contribution is 2.25. The molecule has 5 rings (SSSR count). The number of thiophene rings is 1. The van der Waals surface area contributed by atoms with Crippen molar-refractivity contribution in [1.29, 1.82) is 0 Å². The van der Waals surface area contributed by atoms with E-state index >= 15 is 0 Å². The molecule has 4 heterocycles. The first kappa shape index (κ1) is 18.6. The van der Waals surface area contributed by atoms with Crippen LogP contribution >= 0.6 is 22.7 Å². The molecule has 0 bridgehead atoms. The van der Waals surface area contributed by atoms with Gasteiger partial charge in [0.2, 0.25) is 5.89 Å². The van der Waals surface area contributed by atoms with Crippen molar-refractivity contribution >= 4 is 22.7 Å². The molecular weight excluding hydrogens is 402 g/mol. The van der Waals surface area contributed by atoms with E-state index in [2.05, 4.69) is 49.6 Å². The van der Waals surface area contributed by atoms with E-state index in [9.17, 15) is 0 Å². The van der Waals surface area contributed by atoms with Crippen molar-refractivity contribution in [3.8, 4) is 21.3 Å². The highest BCUT2D eigenvalue weighted by molar-refractivity contribution is 7.13. The number of benzene rings is 1. The molecule has 29 heavy (non-hydrogen) atoms. The zero-order chi connectivity index (χ0) is 19.5. The van der Waals surface area contributed by atoms with E-state index < -0.39 is 0 Å². The van der Waals surface area contributed by atoms with Crippen LogP contribution in [-0.2, 0) is 13.1 Å². The molecule has 1 aliphatic rings. The third-order valence-electron chi connectivity index (χ3n) is 4.98. The van der Waals surface area contributed by atoms with Gasteiger partial charge in [0.15, 0.2) is 0 Å². The van der Waals surface area contributed by atoms with Crippen molar-refractivity contribution in [1.82, 2.24) is 25.0 Å². The molecule has 0 amide bonds. The summed E-state index contributed by atoms with van der Waals surface area (Å²) in [7, 11) is 0. The van der Waals surface area contributed by atoms with Crippen molar-refractivity contribution in [2.75, 3.05) is 26.2 Å². The first-order chi connectivity index (χ1) is 14.3. The molecule has 1 saturated heterocycles. The van der Waals surface area contributed by atoms with Gasteiger partial charge in [0.1, 0.15) is 5.01 Å². The van der Waals surface area contributed by atoms with Gasteiger partial charge in [-0.05, 0) is 11.4 Å². The Labute approximate surface area is 177 Å². The van der Waals surface area contributed by atoms with E-state index in [-0.39, 0.29) is 0 Å². The van der Waals surface area contributed by atoms with Gasteiger partial charge in [0, 0.05) is 43.7 Å². The number of thiazole rings is 1. The molecule has 0 N–H and O–H groups in total. The van der Waals surface area contributed by atoms with Crippen LogP contribution in [0.1, 0.15) is 11.6 Å². The summed E-state index contributed by atoms with van der Waals surface area (Å²) in [4.78, 5) is 10.7. The van der Waals surface area contributed by atoms with Gasteiger partial charge in [0.05, 0.1) is 17.1 Å². The first-order valence-corrected chi connectivity index (χ1v) is 11.4. The SMILES string of the molecule is c1ccc(-c2nc(CN3CCN(Cc4nnc(-c5cccs5)o4)CC3)cs2)cc1. The number of piperazine rings is 1. The van der Waals surface area contributed by atoms with Crippen LogP contribution in [0.25, 0.3) is 21.3 Å². The summed E-state index contributed by atoms with van der Waals surface area (Å²) in [6, 6.07) is 14.4. The molecule has 4 aromatic rings. The average Bonchev–Trinajstić information content (AvgIpc) is 3.52. The van der Waals surface area contributed by atoms with Crippen LogP contribution in [0.4, 0.5) is 0 Å². The van der Waals surface area contributed by atoms with Gasteiger partial charge in [-0.2, -0.15) is 0 Å². The van der Waals surface area contributed by atoms with Crippen molar-refractivity contribution in [3.05, 3.63) is 64.8 Å². The average molecular weight is 424 g/mol. The molecule has 0 atom stereocenters. The second kappa shape index (κ2) is 8.54. The fourth-order valence-corrected chi connectivity index (χ4v) is 4.90. The normalized spacial score (nSPS) is 15.7. The number of nitrogens with zero attached hydrogens (tertiary/aromatic N) is 5. The van der Waals surface area contributed by atoms with Crippen molar-refractivity contribution < 1.29 is 4.42 Å². The van der Waals surface area contributed by atoms with Crippen molar-refractivity contribution in [3.63, 3.8) is 0 Å². The van der Waals surface area contributed by atoms with E-state index in [1.165, 1.54) is 5.56 Å². The Morgan fingerprint density at radius 2 is 1.66 bits per heavy atom. The zero-order valence-corrected chi connectivity index (χ0v) is 17.5. The van der Waals surface area contributed by atoms with E-state index in [0.717, 1.165) is 48.3 Å². The van der Waals surface area contributed by atoms with Gasteiger partial charge in [-0.25, -0.2) is 4.98 Å². The quantitative estimate of drug-likeness (QED) is 0.462. The zero-order valence-electron chi connectivity index (χ0n) is 15.9. The Hall–Kier alpha value is -2.39. The maximum absolute atomic E-state index is 5.82. The van der Waals surface area contributed by atoms with E-state index in [4.69, 9.17) is 9.40 Å². The Morgan fingerprint density at radius 3 is 2.41 bits per heavy atom. The largest absolute Gasteiger partial charge is 0.419 e. The van der Waals surface area contributed by atoms with Gasteiger partial charge >= 0.3 is 0 Å². The lowest BCUT2D eigenvalue weighted by molar-refractivity contribution is 0.114. The van der Waals surface area contributed by atoms with Crippen molar-refractivity contribution in [2.24, 2.45) is 0 Å². The highest BCUT2D eigenvalue weighted by atomic mass is 32.1. The molecular formula is C21H21N5OS2. The summed E-state index contributed by atoms with van der Waals surface area (Å²) < 4.78 is 5.82. The number of hydrogen-bond donors (Lipinski definition) is 0. The van der Waals surface area contributed by atoms with Crippen LogP contribution in [0.3, 0.4) is 0 Å². The molecule has 8 heteroatoms. The Bertz CT molecular complexity index is 1040. The fraction of sp³-hybridized carbons (Fsp3) is 0.286. The monoisotopic (exact) mass is 423 g/mol. The molecule has 0 radical (unpaired) electrons. The van der Waals surface area contributed by atoms with Gasteiger partial charge in [0.25, 0.3) is 5.89 Å². The molecule has 1 fully saturated rings. The smallest absolute Gasteiger partial charge is 0.257 e. The van der Waals surface area contributed by atoms with Gasteiger partial charge in [-0.15, -0.1) is 32.9 Å². The van der Waals surface area contributed by atoms with Crippen LogP contribution in [0.5, 0.6) is 0 Å². The predicted molar refractivity (Wildman–Crippen MR) is 116 cm³/mol. The van der Waals surface area contributed by atoms with Gasteiger partial charge in [-0.1, -0.05) is 36.4 Å².